The highest BCUT2D eigenvalue weighted by atomic mass is 79.9. The van der Waals surface area contributed by atoms with Crippen molar-refractivity contribution in [1.82, 2.24) is 9.97 Å². The van der Waals surface area contributed by atoms with Crippen LogP contribution in [0.4, 0.5) is 0 Å². The molecule has 0 spiro atoms. The summed E-state index contributed by atoms with van der Waals surface area (Å²) in [7, 11) is 1.67. The van der Waals surface area contributed by atoms with Crippen LogP contribution < -0.4 is 4.74 Å². The molecule has 0 amide bonds. The minimum absolute atomic E-state index is 0.414. The smallest absolute Gasteiger partial charge is 0.161 e. The van der Waals surface area contributed by atoms with E-state index in [-0.39, 0.29) is 0 Å². The third-order valence-corrected chi connectivity index (χ3v) is 4.77. The molecule has 3 rings (SSSR count). The number of halogens is 2. The number of rotatable bonds is 2. The Labute approximate surface area is 136 Å². The van der Waals surface area contributed by atoms with E-state index in [4.69, 9.17) is 16.3 Å². The summed E-state index contributed by atoms with van der Waals surface area (Å²) in [4.78, 5) is 8.90. The van der Waals surface area contributed by atoms with Gasteiger partial charge in [-0.2, -0.15) is 0 Å². The van der Waals surface area contributed by atoms with Crippen LogP contribution in [-0.2, 0) is 0 Å². The van der Waals surface area contributed by atoms with Gasteiger partial charge in [-0.05, 0) is 40.4 Å². The van der Waals surface area contributed by atoms with E-state index in [0.29, 0.717) is 11.0 Å². The normalized spacial score (nSPS) is 10.9. The van der Waals surface area contributed by atoms with Crippen molar-refractivity contribution in [3.05, 3.63) is 51.7 Å². The number of methoxy groups -OCH3 is 1. The molecule has 5 heteroatoms. The van der Waals surface area contributed by atoms with Gasteiger partial charge >= 0.3 is 0 Å². The maximum atomic E-state index is 6.16. The average Bonchev–Trinajstić information content (AvgIpc) is 2.51. The van der Waals surface area contributed by atoms with Crippen molar-refractivity contribution in [2.45, 2.75) is 6.92 Å². The van der Waals surface area contributed by atoms with Crippen molar-refractivity contribution in [1.29, 1.82) is 0 Å². The zero-order valence-corrected chi connectivity index (χ0v) is 13.9. The highest BCUT2D eigenvalue weighted by molar-refractivity contribution is 9.10. The van der Waals surface area contributed by atoms with Crippen molar-refractivity contribution in [3.8, 4) is 17.1 Å². The zero-order chi connectivity index (χ0) is 15.0. The standard InChI is InChI=1S/C16H12BrClN2O/c1-9-14(17)15(18)20-16(19-9)12-7-8-13(21-2)11-6-4-3-5-10(11)12/h3-8H,1-2H3. The summed E-state index contributed by atoms with van der Waals surface area (Å²) in [6.07, 6.45) is 0. The molecule has 2 aromatic carbocycles. The second-order valence-electron chi connectivity index (χ2n) is 4.60. The molecule has 0 radical (unpaired) electrons. The molecule has 21 heavy (non-hydrogen) atoms. The second-order valence-corrected chi connectivity index (χ2v) is 5.75. The van der Waals surface area contributed by atoms with E-state index in [0.717, 1.165) is 32.3 Å². The lowest BCUT2D eigenvalue weighted by Gasteiger charge is -2.11. The molecule has 3 aromatic rings. The number of fused-ring (bicyclic) bond motifs is 1. The van der Waals surface area contributed by atoms with Crippen LogP contribution in [0, 0.1) is 6.92 Å². The summed E-state index contributed by atoms with van der Waals surface area (Å²) < 4.78 is 6.14. The molecule has 0 saturated heterocycles. The van der Waals surface area contributed by atoms with Crippen molar-refractivity contribution in [2.75, 3.05) is 7.11 Å². The fourth-order valence-corrected chi connectivity index (χ4v) is 2.68. The molecule has 0 fully saturated rings. The zero-order valence-electron chi connectivity index (χ0n) is 11.5. The van der Waals surface area contributed by atoms with E-state index in [1.54, 1.807) is 7.11 Å². The maximum absolute atomic E-state index is 6.16. The number of benzene rings is 2. The Morgan fingerprint density at radius 3 is 2.43 bits per heavy atom. The molecule has 0 atom stereocenters. The number of nitrogens with zero attached hydrogens (tertiary/aromatic N) is 2. The van der Waals surface area contributed by atoms with E-state index >= 15 is 0 Å². The van der Waals surface area contributed by atoms with Crippen LogP contribution in [0.25, 0.3) is 22.2 Å². The topological polar surface area (TPSA) is 35.0 Å². The molecule has 1 heterocycles. The van der Waals surface area contributed by atoms with Crippen LogP contribution in [-0.4, -0.2) is 17.1 Å². The summed E-state index contributed by atoms with van der Waals surface area (Å²) >= 11 is 9.54. The first-order chi connectivity index (χ1) is 10.1. The van der Waals surface area contributed by atoms with E-state index in [1.165, 1.54) is 0 Å². The third kappa shape index (κ3) is 2.49. The van der Waals surface area contributed by atoms with Gasteiger partial charge in [-0.3, -0.25) is 0 Å². The first-order valence-electron chi connectivity index (χ1n) is 6.37. The van der Waals surface area contributed by atoms with Crippen molar-refractivity contribution in [3.63, 3.8) is 0 Å². The van der Waals surface area contributed by atoms with Crippen LogP contribution in [0.2, 0.25) is 5.15 Å². The minimum Gasteiger partial charge on any atom is -0.496 e. The van der Waals surface area contributed by atoms with Crippen molar-refractivity contribution >= 4 is 38.3 Å². The summed E-state index contributed by atoms with van der Waals surface area (Å²) in [5, 5.41) is 2.48. The number of ether oxygens (including phenoxy) is 1. The highest BCUT2D eigenvalue weighted by Crippen LogP contribution is 2.34. The number of hydrogen-bond acceptors (Lipinski definition) is 3. The SMILES string of the molecule is COc1ccc(-c2nc(C)c(Br)c(Cl)n2)c2ccccc12. The molecule has 0 aliphatic rings. The predicted octanol–water partition coefficient (Wildman–Crippen LogP) is 5.03. The van der Waals surface area contributed by atoms with Gasteiger partial charge < -0.3 is 4.74 Å². The Hall–Kier alpha value is -1.65. The van der Waals surface area contributed by atoms with Gasteiger partial charge in [-0.25, -0.2) is 9.97 Å². The monoisotopic (exact) mass is 362 g/mol. The molecule has 0 N–H and O–H groups in total. The molecule has 3 nitrogen and oxygen atoms in total. The fourth-order valence-electron chi connectivity index (χ4n) is 2.29. The Kier molecular flexibility index (Phi) is 3.83. The lowest BCUT2D eigenvalue weighted by molar-refractivity contribution is 0.420. The molecular formula is C16H12BrClN2O. The molecule has 0 bridgehead atoms. The lowest BCUT2D eigenvalue weighted by atomic mass is 10.0. The van der Waals surface area contributed by atoms with Crippen LogP contribution in [0.1, 0.15) is 5.69 Å². The number of hydrogen-bond donors (Lipinski definition) is 0. The van der Waals surface area contributed by atoms with Gasteiger partial charge in [0, 0.05) is 10.9 Å². The molecule has 0 saturated carbocycles. The van der Waals surface area contributed by atoms with Gasteiger partial charge in [0.1, 0.15) is 10.9 Å². The molecule has 1 aromatic heterocycles. The van der Waals surface area contributed by atoms with Gasteiger partial charge in [0.25, 0.3) is 0 Å². The molecule has 0 unspecified atom stereocenters. The second kappa shape index (κ2) is 5.62. The van der Waals surface area contributed by atoms with Gasteiger partial charge in [0.05, 0.1) is 17.3 Å². The van der Waals surface area contributed by atoms with Crippen LogP contribution in [0.5, 0.6) is 5.75 Å². The summed E-state index contributed by atoms with van der Waals surface area (Å²) in [5.74, 6) is 1.44. The number of aryl methyl sites for hydroxylation is 1. The Bertz CT molecular complexity index is 813. The third-order valence-electron chi connectivity index (χ3n) is 3.32. The Morgan fingerprint density at radius 1 is 1.05 bits per heavy atom. The van der Waals surface area contributed by atoms with Gasteiger partial charge in [0.2, 0.25) is 0 Å². The summed E-state index contributed by atoms with van der Waals surface area (Å²) in [6.45, 7) is 1.90. The Balaban J connectivity index is 2.31. The average molecular weight is 364 g/mol. The molecule has 0 aliphatic carbocycles. The first kappa shape index (κ1) is 14.3. The Morgan fingerprint density at radius 2 is 1.76 bits per heavy atom. The van der Waals surface area contributed by atoms with E-state index in [2.05, 4.69) is 25.9 Å². The first-order valence-corrected chi connectivity index (χ1v) is 7.54. The van der Waals surface area contributed by atoms with Crippen LogP contribution in [0.3, 0.4) is 0 Å². The van der Waals surface area contributed by atoms with Crippen LogP contribution in [0.15, 0.2) is 40.9 Å². The van der Waals surface area contributed by atoms with Gasteiger partial charge in [-0.1, -0.05) is 35.9 Å². The van der Waals surface area contributed by atoms with Crippen molar-refractivity contribution in [2.24, 2.45) is 0 Å². The fraction of sp³-hybridized carbons (Fsp3) is 0.125. The highest BCUT2D eigenvalue weighted by Gasteiger charge is 2.13. The predicted molar refractivity (Wildman–Crippen MR) is 89.0 cm³/mol. The maximum Gasteiger partial charge on any atom is 0.161 e. The minimum atomic E-state index is 0.414. The van der Waals surface area contributed by atoms with E-state index < -0.39 is 0 Å². The summed E-state index contributed by atoms with van der Waals surface area (Å²) in [5.41, 5.74) is 1.74. The van der Waals surface area contributed by atoms with Crippen molar-refractivity contribution < 1.29 is 4.74 Å². The van der Waals surface area contributed by atoms with Gasteiger partial charge in [-0.15, -0.1) is 0 Å². The van der Waals surface area contributed by atoms with E-state index in [1.807, 2.05) is 43.3 Å². The van der Waals surface area contributed by atoms with Crippen LogP contribution >= 0.6 is 27.5 Å². The molecule has 0 aliphatic heterocycles. The summed E-state index contributed by atoms with van der Waals surface area (Å²) in [6, 6.07) is 11.9. The van der Waals surface area contributed by atoms with E-state index in [9.17, 15) is 0 Å². The van der Waals surface area contributed by atoms with Gasteiger partial charge in [0.15, 0.2) is 5.82 Å². The molecular weight excluding hydrogens is 352 g/mol. The number of aromatic nitrogens is 2. The largest absolute Gasteiger partial charge is 0.496 e. The molecule has 106 valence electrons. The lowest BCUT2D eigenvalue weighted by Crippen LogP contribution is -1.96. The quantitative estimate of drug-likeness (QED) is 0.599.